The van der Waals surface area contributed by atoms with Crippen molar-refractivity contribution in [1.29, 1.82) is 0 Å². The van der Waals surface area contributed by atoms with Crippen LogP contribution in [-0.4, -0.2) is 55.0 Å². The summed E-state index contributed by atoms with van der Waals surface area (Å²) in [6.45, 7) is 4.98. The van der Waals surface area contributed by atoms with Crippen LogP contribution in [0.1, 0.15) is 13.3 Å². The molecule has 13 heavy (non-hydrogen) atoms. The predicted molar refractivity (Wildman–Crippen MR) is 52.3 cm³/mol. The number of rotatable bonds is 3. The summed E-state index contributed by atoms with van der Waals surface area (Å²) in [5, 5.41) is 0. The number of carbonyl (C=O) groups is 1. The number of nitrogens with two attached hydrogens (primary N) is 1. The number of hydrogen-bond donors (Lipinski definition) is 1. The molecule has 0 aromatic rings. The molecule has 1 heterocycles. The van der Waals surface area contributed by atoms with Crippen LogP contribution in [0, 0.1) is 0 Å². The van der Waals surface area contributed by atoms with Crippen LogP contribution < -0.4 is 5.73 Å². The van der Waals surface area contributed by atoms with Crippen molar-refractivity contribution < 1.29 is 4.79 Å². The van der Waals surface area contributed by atoms with Crippen molar-refractivity contribution in [3.8, 4) is 0 Å². The molecule has 0 aromatic heterocycles. The highest BCUT2D eigenvalue weighted by atomic mass is 16.2. The van der Waals surface area contributed by atoms with E-state index in [0.29, 0.717) is 6.04 Å². The lowest BCUT2D eigenvalue weighted by atomic mass is 10.2. The van der Waals surface area contributed by atoms with Crippen LogP contribution in [0.4, 0.5) is 0 Å². The first kappa shape index (κ1) is 10.5. The van der Waals surface area contributed by atoms with Crippen molar-refractivity contribution in [3.63, 3.8) is 0 Å². The van der Waals surface area contributed by atoms with Crippen LogP contribution in [0.15, 0.2) is 0 Å². The molecule has 0 unspecified atom stereocenters. The van der Waals surface area contributed by atoms with E-state index < -0.39 is 0 Å². The summed E-state index contributed by atoms with van der Waals surface area (Å²) in [7, 11) is 2.08. The Morgan fingerprint density at radius 2 is 2.38 bits per heavy atom. The lowest BCUT2D eigenvalue weighted by Crippen LogP contribution is -2.44. The van der Waals surface area contributed by atoms with Crippen molar-refractivity contribution in [1.82, 2.24) is 9.80 Å². The van der Waals surface area contributed by atoms with Crippen LogP contribution in [-0.2, 0) is 4.79 Å². The second kappa shape index (κ2) is 4.58. The molecule has 4 heteroatoms. The van der Waals surface area contributed by atoms with Gasteiger partial charge < -0.3 is 15.5 Å². The summed E-state index contributed by atoms with van der Waals surface area (Å²) >= 11 is 0. The number of hydrogen-bond acceptors (Lipinski definition) is 3. The van der Waals surface area contributed by atoms with E-state index in [-0.39, 0.29) is 12.5 Å². The molecule has 1 amide bonds. The minimum atomic E-state index is 0.0720. The predicted octanol–water partition coefficient (Wildman–Crippen LogP) is -0.502. The normalized spacial score (nSPS) is 23.5. The van der Waals surface area contributed by atoms with Gasteiger partial charge in [0.2, 0.25) is 5.91 Å². The van der Waals surface area contributed by atoms with E-state index in [1.54, 1.807) is 0 Å². The number of nitrogens with zero attached hydrogens (tertiary/aromatic N) is 2. The van der Waals surface area contributed by atoms with Crippen molar-refractivity contribution in [2.24, 2.45) is 5.73 Å². The van der Waals surface area contributed by atoms with Gasteiger partial charge in [-0.2, -0.15) is 0 Å². The summed E-state index contributed by atoms with van der Waals surface area (Å²) in [6, 6.07) is 0.381. The summed E-state index contributed by atoms with van der Waals surface area (Å²) in [5.74, 6) is 0.0720. The Hall–Kier alpha value is -0.610. The molecule has 0 aliphatic carbocycles. The first-order valence-electron chi connectivity index (χ1n) is 4.87. The van der Waals surface area contributed by atoms with E-state index in [9.17, 15) is 4.79 Å². The van der Waals surface area contributed by atoms with Gasteiger partial charge in [0, 0.05) is 19.1 Å². The van der Waals surface area contributed by atoms with Crippen LogP contribution in [0.2, 0.25) is 0 Å². The Morgan fingerprint density at radius 1 is 1.69 bits per heavy atom. The molecule has 0 radical (unpaired) electrons. The minimum absolute atomic E-state index is 0.0720. The van der Waals surface area contributed by atoms with E-state index in [1.165, 1.54) is 0 Å². The van der Waals surface area contributed by atoms with E-state index in [2.05, 4.69) is 11.9 Å². The Morgan fingerprint density at radius 3 is 2.77 bits per heavy atom. The molecule has 0 saturated carbocycles. The maximum absolute atomic E-state index is 11.4. The fourth-order valence-electron chi connectivity index (χ4n) is 1.92. The van der Waals surface area contributed by atoms with E-state index in [1.807, 2.05) is 11.8 Å². The van der Waals surface area contributed by atoms with Gasteiger partial charge in [-0.3, -0.25) is 4.79 Å². The highest BCUT2D eigenvalue weighted by Crippen LogP contribution is 2.13. The van der Waals surface area contributed by atoms with Crippen molar-refractivity contribution >= 4 is 5.91 Å². The molecule has 1 saturated heterocycles. The molecule has 1 rings (SSSR count). The molecule has 1 fully saturated rings. The standard InChI is InChI=1S/C9H19N3O/c1-3-12(9(13)6-10)8-4-5-11(2)7-8/h8H,3-7,10H2,1-2H3/t8-/m1/s1. The van der Waals surface area contributed by atoms with Gasteiger partial charge in [-0.05, 0) is 26.9 Å². The largest absolute Gasteiger partial charge is 0.338 e. The van der Waals surface area contributed by atoms with Gasteiger partial charge in [0.25, 0.3) is 0 Å². The van der Waals surface area contributed by atoms with Gasteiger partial charge in [0.15, 0.2) is 0 Å². The SMILES string of the molecule is CCN(C(=O)CN)[C@@H]1CCN(C)C1. The maximum Gasteiger partial charge on any atom is 0.236 e. The Bertz CT molecular complexity index is 184. The molecular formula is C9H19N3O. The minimum Gasteiger partial charge on any atom is -0.338 e. The Balaban J connectivity index is 2.51. The lowest BCUT2D eigenvalue weighted by molar-refractivity contribution is -0.131. The molecule has 4 nitrogen and oxygen atoms in total. The summed E-state index contributed by atoms with van der Waals surface area (Å²) in [5.41, 5.74) is 5.35. The first-order valence-corrected chi connectivity index (χ1v) is 4.87. The smallest absolute Gasteiger partial charge is 0.236 e. The van der Waals surface area contributed by atoms with Crippen LogP contribution in [0.25, 0.3) is 0 Å². The zero-order valence-electron chi connectivity index (χ0n) is 8.49. The van der Waals surface area contributed by atoms with Gasteiger partial charge in [-0.1, -0.05) is 0 Å². The fourth-order valence-corrected chi connectivity index (χ4v) is 1.92. The topological polar surface area (TPSA) is 49.6 Å². The summed E-state index contributed by atoms with van der Waals surface area (Å²) in [4.78, 5) is 15.6. The average Bonchev–Trinajstić information content (AvgIpc) is 2.53. The molecule has 1 aliphatic rings. The molecule has 2 N–H and O–H groups in total. The zero-order chi connectivity index (χ0) is 9.84. The highest BCUT2D eigenvalue weighted by molar-refractivity contribution is 5.78. The molecule has 0 spiro atoms. The second-order valence-electron chi connectivity index (χ2n) is 3.59. The summed E-state index contributed by atoms with van der Waals surface area (Å²) < 4.78 is 0. The molecule has 0 bridgehead atoms. The Labute approximate surface area is 79.7 Å². The van der Waals surface area contributed by atoms with E-state index >= 15 is 0 Å². The van der Waals surface area contributed by atoms with Crippen molar-refractivity contribution in [3.05, 3.63) is 0 Å². The maximum atomic E-state index is 11.4. The van der Waals surface area contributed by atoms with Crippen LogP contribution >= 0.6 is 0 Å². The van der Waals surface area contributed by atoms with Crippen molar-refractivity contribution in [2.45, 2.75) is 19.4 Å². The third-order valence-electron chi connectivity index (χ3n) is 2.64. The van der Waals surface area contributed by atoms with Crippen LogP contribution in [0.3, 0.4) is 0 Å². The van der Waals surface area contributed by atoms with Gasteiger partial charge in [-0.15, -0.1) is 0 Å². The van der Waals surface area contributed by atoms with Gasteiger partial charge in [0.1, 0.15) is 0 Å². The molecular weight excluding hydrogens is 166 g/mol. The quantitative estimate of drug-likeness (QED) is 0.645. The van der Waals surface area contributed by atoms with E-state index in [4.69, 9.17) is 5.73 Å². The average molecular weight is 185 g/mol. The second-order valence-corrected chi connectivity index (χ2v) is 3.59. The molecule has 1 aliphatic heterocycles. The molecule has 0 aromatic carbocycles. The van der Waals surface area contributed by atoms with Crippen molar-refractivity contribution in [2.75, 3.05) is 33.2 Å². The van der Waals surface area contributed by atoms with Gasteiger partial charge in [-0.25, -0.2) is 0 Å². The summed E-state index contributed by atoms with van der Waals surface area (Å²) in [6.07, 6.45) is 1.08. The Kier molecular flexibility index (Phi) is 3.69. The first-order chi connectivity index (χ1) is 6.19. The van der Waals surface area contributed by atoms with Gasteiger partial charge in [0.05, 0.1) is 6.54 Å². The van der Waals surface area contributed by atoms with Gasteiger partial charge >= 0.3 is 0 Å². The number of likely N-dealkylation sites (N-methyl/N-ethyl adjacent to an activating group) is 2. The molecule has 1 atom stereocenters. The highest BCUT2D eigenvalue weighted by Gasteiger charge is 2.26. The molecule has 76 valence electrons. The third kappa shape index (κ3) is 2.42. The fraction of sp³-hybridized carbons (Fsp3) is 0.889. The monoisotopic (exact) mass is 185 g/mol. The number of amides is 1. The zero-order valence-corrected chi connectivity index (χ0v) is 8.49. The van der Waals surface area contributed by atoms with E-state index in [0.717, 1.165) is 26.1 Å². The number of carbonyl (C=O) groups excluding carboxylic acids is 1. The number of likely N-dealkylation sites (tertiary alicyclic amines) is 1. The third-order valence-corrected chi connectivity index (χ3v) is 2.64. The lowest BCUT2D eigenvalue weighted by Gasteiger charge is -2.27. The van der Waals surface area contributed by atoms with Crippen LogP contribution in [0.5, 0.6) is 0 Å².